The van der Waals surface area contributed by atoms with E-state index in [-0.39, 0.29) is 24.0 Å². The van der Waals surface area contributed by atoms with Crippen molar-refractivity contribution in [2.75, 3.05) is 6.61 Å². The average Bonchev–Trinajstić information content (AvgIpc) is 2.89. The highest BCUT2D eigenvalue weighted by Gasteiger charge is 2.36. The molecule has 0 spiro atoms. The van der Waals surface area contributed by atoms with Gasteiger partial charge in [-0.25, -0.2) is 14.4 Å². The Hall–Kier alpha value is -2.31. The predicted octanol–water partition coefficient (Wildman–Crippen LogP) is 1.67. The second-order valence-electron chi connectivity index (χ2n) is 5.22. The summed E-state index contributed by atoms with van der Waals surface area (Å²) in [5, 5.41) is 0. The van der Waals surface area contributed by atoms with Crippen LogP contribution >= 0.6 is 0 Å². The van der Waals surface area contributed by atoms with Gasteiger partial charge in [-0.05, 0) is 33.3 Å². The van der Waals surface area contributed by atoms with Crippen LogP contribution in [0.1, 0.15) is 52.4 Å². The molecular weight excluding hydrogens is 290 g/mol. The van der Waals surface area contributed by atoms with Gasteiger partial charge < -0.3 is 19.2 Å². The summed E-state index contributed by atoms with van der Waals surface area (Å²) in [5.74, 6) is -1.73. The van der Waals surface area contributed by atoms with E-state index in [1.807, 2.05) is 0 Å². The number of ether oxygens (including phenoxy) is 3. The molecule has 1 aromatic heterocycles. The molecule has 1 saturated heterocycles. The fraction of sp³-hybridized carbons (Fsp3) is 0.533. The minimum Gasteiger partial charge on any atom is -0.461 e. The van der Waals surface area contributed by atoms with Crippen LogP contribution in [0.5, 0.6) is 0 Å². The van der Waals surface area contributed by atoms with E-state index in [0.717, 1.165) is 0 Å². The van der Waals surface area contributed by atoms with E-state index >= 15 is 0 Å². The molecule has 1 aliphatic heterocycles. The summed E-state index contributed by atoms with van der Waals surface area (Å²) in [7, 11) is 0. The molecule has 0 radical (unpaired) electrons. The molecule has 7 heteroatoms. The summed E-state index contributed by atoms with van der Waals surface area (Å²) >= 11 is 0. The van der Waals surface area contributed by atoms with Crippen LogP contribution in [0.3, 0.4) is 0 Å². The maximum atomic E-state index is 12.3. The Morgan fingerprint density at radius 1 is 1.32 bits per heavy atom. The van der Waals surface area contributed by atoms with Gasteiger partial charge in [0, 0.05) is 12.1 Å². The molecule has 2 rings (SSSR count). The van der Waals surface area contributed by atoms with E-state index in [1.165, 1.54) is 0 Å². The highest BCUT2D eigenvalue weighted by Crippen LogP contribution is 2.23. The van der Waals surface area contributed by atoms with E-state index in [4.69, 9.17) is 14.2 Å². The van der Waals surface area contributed by atoms with Gasteiger partial charge in [-0.15, -0.1) is 0 Å². The minimum atomic E-state index is -0.901. The Labute approximate surface area is 127 Å². The SMILES string of the molecule is CCOC(=O)c1[nH]c(C)c(C(=O)OC2CC(C)OC2=O)c1C. The van der Waals surface area contributed by atoms with Crippen molar-refractivity contribution in [2.24, 2.45) is 0 Å². The zero-order valence-corrected chi connectivity index (χ0v) is 13.0. The molecule has 0 saturated carbocycles. The Bertz CT molecular complexity index is 618. The van der Waals surface area contributed by atoms with Gasteiger partial charge in [0.1, 0.15) is 11.8 Å². The molecule has 0 aromatic carbocycles. The molecule has 2 unspecified atom stereocenters. The normalized spacial score (nSPS) is 20.6. The molecule has 1 N–H and O–H groups in total. The Morgan fingerprint density at radius 2 is 2.00 bits per heavy atom. The summed E-state index contributed by atoms with van der Waals surface area (Å²) in [5.41, 5.74) is 1.40. The zero-order chi connectivity index (χ0) is 16.4. The van der Waals surface area contributed by atoms with Crippen molar-refractivity contribution in [3.63, 3.8) is 0 Å². The van der Waals surface area contributed by atoms with Gasteiger partial charge in [-0.1, -0.05) is 0 Å². The van der Waals surface area contributed by atoms with Crippen molar-refractivity contribution >= 4 is 17.9 Å². The van der Waals surface area contributed by atoms with Crippen LogP contribution in [0.4, 0.5) is 0 Å². The number of carbonyl (C=O) groups excluding carboxylic acids is 3. The van der Waals surface area contributed by atoms with E-state index in [1.54, 1.807) is 27.7 Å². The smallest absolute Gasteiger partial charge is 0.355 e. The maximum absolute atomic E-state index is 12.3. The summed E-state index contributed by atoms with van der Waals surface area (Å²) in [4.78, 5) is 38.5. The van der Waals surface area contributed by atoms with Gasteiger partial charge >= 0.3 is 17.9 Å². The predicted molar refractivity (Wildman–Crippen MR) is 75.6 cm³/mol. The van der Waals surface area contributed by atoms with Crippen LogP contribution in [0.2, 0.25) is 0 Å². The lowest BCUT2D eigenvalue weighted by Crippen LogP contribution is -2.23. The van der Waals surface area contributed by atoms with E-state index in [9.17, 15) is 14.4 Å². The molecule has 2 atom stereocenters. The molecule has 2 heterocycles. The van der Waals surface area contributed by atoms with Crippen molar-refractivity contribution in [2.45, 2.75) is 46.3 Å². The van der Waals surface area contributed by atoms with Crippen molar-refractivity contribution in [1.29, 1.82) is 0 Å². The molecule has 22 heavy (non-hydrogen) atoms. The van der Waals surface area contributed by atoms with Crippen molar-refractivity contribution in [1.82, 2.24) is 4.98 Å². The van der Waals surface area contributed by atoms with Crippen LogP contribution in [-0.4, -0.2) is 41.7 Å². The van der Waals surface area contributed by atoms with Crippen molar-refractivity contribution < 1.29 is 28.6 Å². The Morgan fingerprint density at radius 3 is 2.55 bits per heavy atom. The topological polar surface area (TPSA) is 94.7 Å². The quantitative estimate of drug-likeness (QED) is 0.671. The van der Waals surface area contributed by atoms with Gasteiger partial charge in [0.2, 0.25) is 6.10 Å². The first kappa shape index (κ1) is 16.1. The number of carbonyl (C=O) groups is 3. The number of aryl methyl sites for hydroxylation is 1. The first-order chi connectivity index (χ1) is 10.3. The number of aromatic nitrogens is 1. The van der Waals surface area contributed by atoms with Gasteiger partial charge in [-0.2, -0.15) is 0 Å². The highest BCUT2D eigenvalue weighted by atomic mass is 16.6. The maximum Gasteiger partial charge on any atom is 0.355 e. The number of hydrogen-bond acceptors (Lipinski definition) is 6. The Kier molecular flexibility index (Phi) is 4.54. The largest absolute Gasteiger partial charge is 0.461 e. The number of aromatic amines is 1. The lowest BCUT2D eigenvalue weighted by molar-refractivity contribution is -0.147. The molecule has 1 aliphatic rings. The van der Waals surface area contributed by atoms with Gasteiger partial charge in [0.05, 0.1) is 12.2 Å². The number of cyclic esters (lactones) is 1. The van der Waals surface area contributed by atoms with Gasteiger partial charge in [0.25, 0.3) is 0 Å². The van der Waals surface area contributed by atoms with E-state index in [2.05, 4.69) is 4.98 Å². The third kappa shape index (κ3) is 2.98. The monoisotopic (exact) mass is 309 g/mol. The second-order valence-corrected chi connectivity index (χ2v) is 5.22. The molecule has 7 nitrogen and oxygen atoms in total. The first-order valence-electron chi connectivity index (χ1n) is 7.12. The molecular formula is C15H19NO6. The van der Waals surface area contributed by atoms with Crippen LogP contribution in [0.15, 0.2) is 0 Å². The summed E-state index contributed by atoms with van der Waals surface area (Å²) in [6.07, 6.45) is -0.839. The minimum absolute atomic E-state index is 0.216. The third-order valence-electron chi connectivity index (χ3n) is 3.50. The molecule has 0 bridgehead atoms. The first-order valence-corrected chi connectivity index (χ1v) is 7.12. The second kappa shape index (κ2) is 6.21. The number of hydrogen-bond donors (Lipinski definition) is 1. The molecule has 0 aliphatic carbocycles. The van der Waals surface area contributed by atoms with Crippen LogP contribution in [0, 0.1) is 13.8 Å². The lowest BCUT2D eigenvalue weighted by atomic mass is 10.1. The molecule has 1 fully saturated rings. The molecule has 0 amide bonds. The zero-order valence-electron chi connectivity index (χ0n) is 13.0. The fourth-order valence-electron chi connectivity index (χ4n) is 2.47. The van der Waals surface area contributed by atoms with Crippen molar-refractivity contribution in [3.05, 3.63) is 22.5 Å². The number of nitrogens with one attached hydrogen (secondary N) is 1. The average molecular weight is 309 g/mol. The van der Waals surface area contributed by atoms with Crippen LogP contribution in [0.25, 0.3) is 0 Å². The number of esters is 3. The van der Waals surface area contributed by atoms with Crippen LogP contribution in [-0.2, 0) is 19.0 Å². The molecule has 1 aromatic rings. The van der Waals surface area contributed by atoms with Crippen molar-refractivity contribution in [3.8, 4) is 0 Å². The number of rotatable bonds is 4. The summed E-state index contributed by atoms with van der Waals surface area (Å²) in [6, 6.07) is 0. The summed E-state index contributed by atoms with van der Waals surface area (Å²) in [6.45, 7) is 6.95. The van der Waals surface area contributed by atoms with Gasteiger partial charge in [-0.3, -0.25) is 0 Å². The standard InChI is InChI=1S/C15H19NO6/c1-5-20-15(19)12-8(3)11(9(4)16-12)14(18)22-10-6-7(2)21-13(10)17/h7,10,16H,5-6H2,1-4H3. The van der Waals surface area contributed by atoms with Gasteiger partial charge in [0.15, 0.2) is 0 Å². The number of H-pyrrole nitrogens is 1. The highest BCUT2D eigenvalue weighted by molar-refractivity contribution is 5.99. The fourth-order valence-corrected chi connectivity index (χ4v) is 2.47. The Balaban J connectivity index is 2.20. The third-order valence-corrected chi connectivity index (χ3v) is 3.50. The van der Waals surface area contributed by atoms with E-state index in [0.29, 0.717) is 17.7 Å². The van der Waals surface area contributed by atoms with Crippen LogP contribution < -0.4 is 0 Å². The molecule has 120 valence electrons. The summed E-state index contributed by atoms with van der Waals surface area (Å²) < 4.78 is 15.1. The van der Waals surface area contributed by atoms with E-state index < -0.39 is 24.0 Å². The lowest BCUT2D eigenvalue weighted by Gasteiger charge is -2.09.